The Morgan fingerprint density at radius 1 is 1.47 bits per heavy atom. The molecule has 2 fully saturated rings. The number of rotatable bonds is 3. The van der Waals surface area contributed by atoms with Crippen LogP contribution in [-0.2, 0) is 4.74 Å². The lowest BCUT2D eigenvalue weighted by atomic mass is 10.0. The Hall–Kier alpha value is -0.810. The first kappa shape index (κ1) is 10.7. The third-order valence-corrected chi connectivity index (χ3v) is 2.92. The number of amides is 2. The van der Waals surface area contributed by atoms with Crippen LogP contribution in [0.15, 0.2) is 0 Å². The third kappa shape index (κ3) is 3.35. The number of carbonyl (C=O) groups is 1. The van der Waals surface area contributed by atoms with Gasteiger partial charge in [-0.15, -0.1) is 0 Å². The van der Waals surface area contributed by atoms with E-state index in [2.05, 4.69) is 16.0 Å². The van der Waals surface area contributed by atoms with Gasteiger partial charge in [0.25, 0.3) is 0 Å². The molecule has 3 N–H and O–H groups in total. The Balaban J connectivity index is 1.57. The number of ether oxygens (including phenoxy) is 1. The minimum atomic E-state index is -0.0490. The molecule has 0 radical (unpaired) electrons. The fourth-order valence-corrected chi connectivity index (χ4v) is 1.83. The molecule has 1 unspecified atom stereocenters. The quantitative estimate of drug-likeness (QED) is 0.602. The van der Waals surface area contributed by atoms with E-state index < -0.39 is 0 Å². The largest absolute Gasteiger partial charge is 0.381 e. The predicted octanol–water partition coefficient (Wildman–Crippen LogP) is -0.316. The van der Waals surface area contributed by atoms with Crippen molar-refractivity contribution in [2.24, 2.45) is 5.92 Å². The zero-order chi connectivity index (χ0) is 10.5. The summed E-state index contributed by atoms with van der Waals surface area (Å²) in [7, 11) is 0. The van der Waals surface area contributed by atoms with E-state index in [1.54, 1.807) is 0 Å². The van der Waals surface area contributed by atoms with Crippen LogP contribution in [0.2, 0.25) is 0 Å². The molecule has 5 nitrogen and oxygen atoms in total. The average Bonchev–Trinajstić information content (AvgIpc) is 2.22. The van der Waals surface area contributed by atoms with Crippen LogP contribution in [0.4, 0.5) is 4.79 Å². The van der Waals surface area contributed by atoms with Crippen molar-refractivity contribution in [3.63, 3.8) is 0 Å². The Kier molecular flexibility index (Phi) is 3.80. The highest BCUT2D eigenvalue weighted by molar-refractivity contribution is 5.74. The summed E-state index contributed by atoms with van der Waals surface area (Å²) in [6, 6.07) is 0.264. The second-order valence-electron chi connectivity index (χ2n) is 4.29. The maximum Gasteiger partial charge on any atom is 0.315 e. The van der Waals surface area contributed by atoms with Crippen LogP contribution < -0.4 is 16.0 Å². The standard InChI is InChI=1S/C10H19N3O2/c14-10(13-9-5-11-6-9)12-4-8-2-1-3-15-7-8/h8-9,11H,1-7H2,(H2,12,13,14). The molecule has 0 aliphatic carbocycles. The molecule has 0 saturated carbocycles. The van der Waals surface area contributed by atoms with Crippen molar-refractivity contribution < 1.29 is 9.53 Å². The maximum absolute atomic E-state index is 11.4. The summed E-state index contributed by atoms with van der Waals surface area (Å²) in [5, 5.41) is 8.91. The van der Waals surface area contributed by atoms with Crippen LogP contribution in [0, 0.1) is 5.92 Å². The van der Waals surface area contributed by atoms with Crippen molar-refractivity contribution in [3.05, 3.63) is 0 Å². The van der Waals surface area contributed by atoms with Crippen LogP contribution in [0.5, 0.6) is 0 Å². The minimum Gasteiger partial charge on any atom is -0.381 e. The third-order valence-electron chi connectivity index (χ3n) is 2.92. The summed E-state index contributed by atoms with van der Waals surface area (Å²) in [4.78, 5) is 11.4. The van der Waals surface area contributed by atoms with E-state index in [9.17, 15) is 4.79 Å². The summed E-state index contributed by atoms with van der Waals surface area (Å²) in [5.41, 5.74) is 0. The van der Waals surface area contributed by atoms with E-state index in [-0.39, 0.29) is 6.03 Å². The molecule has 0 aromatic heterocycles. The molecular weight excluding hydrogens is 194 g/mol. The first-order valence-electron chi connectivity index (χ1n) is 5.67. The second-order valence-corrected chi connectivity index (χ2v) is 4.29. The van der Waals surface area contributed by atoms with Crippen LogP contribution in [0.1, 0.15) is 12.8 Å². The lowest BCUT2D eigenvalue weighted by Crippen LogP contribution is -2.59. The molecule has 0 spiro atoms. The smallest absolute Gasteiger partial charge is 0.315 e. The normalized spacial score (nSPS) is 26.8. The average molecular weight is 213 g/mol. The highest BCUT2D eigenvalue weighted by Crippen LogP contribution is 2.11. The van der Waals surface area contributed by atoms with Gasteiger partial charge in [-0.2, -0.15) is 0 Å². The van der Waals surface area contributed by atoms with Crippen LogP contribution in [0.25, 0.3) is 0 Å². The minimum absolute atomic E-state index is 0.0490. The van der Waals surface area contributed by atoms with Gasteiger partial charge in [0.05, 0.1) is 12.6 Å². The van der Waals surface area contributed by atoms with Gasteiger partial charge in [-0.25, -0.2) is 4.79 Å². The summed E-state index contributed by atoms with van der Waals surface area (Å²) in [6.45, 7) is 4.16. The van der Waals surface area contributed by atoms with E-state index >= 15 is 0 Å². The predicted molar refractivity (Wildman–Crippen MR) is 56.7 cm³/mol. The molecule has 0 bridgehead atoms. The number of carbonyl (C=O) groups excluding carboxylic acids is 1. The van der Waals surface area contributed by atoms with Gasteiger partial charge >= 0.3 is 6.03 Å². The van der Waals surface area contributed by atoms with Crippen molar-refractivity contribution >= 4 is 6.03 Å². The molecule has 2 aliphatic rings. The van der Waals surface area contributed by atoms with Crippen molar-refractivity contribution in [3.8, 4) is 0 Å². The van der Waals surface area contributed by atoms with Crippen molar-refractivity contribution in [1.82, 2.24) is 16.0 Å². The summed E-state index contributed by atoms with van der Waals surface area (Å²) < 4.78 is 5.35. The highest BCUT2D eigenvalue weighted by atomic mass is 16.5. The van der Waals surface area contributed by atoms with Gasteiger partial charge in [-0.05, 0) is 18.8 Å². The Bertz CT molecular complexity index is 213. The lowest BCUT2D eigenvalue weighted by molar-refractivity contribution is 0.0557. The van der Waals surface area contributed by atoms with Crippen LogP contribution in [-0.4, -0.2) is 44.9 Å². The molecule has 2 aliphatic heterocycles. The first-order chi connectivity index (χ1) is 7.34. The van der Waals surface area contributed by atoms with Gasteiger partial charge in [0, 0.05) is 26.2 Å². The molecule has 2 rings (SSSR count). The van der Waals surface area contributed by atoms with Gasteiger partial charge < -0.3 is 20.7 Å². The molecule has 2 saturated heterocycles. The molecular formula is C10H19N3O2. The van der Waals surface area contributed by atoms with Crippen molar-refractivity contribution in [2.75, 3.05) is 32.8 Å². The van der Waals surface area contributed by atoms with E-state index in [1.807, 2.05) is 0 Å². The van der Waals surface area contributed by atoms with E-state index in [1.165, 1.54) is 0 Å². The number of hydrogen-bond acceptors (Lipinski definition) is 3. The monoisotopic (exact) mass is 213 g/mol. The molecule has 86 valence electrons. The van der Waals surface area contributed by atoms with Gasteiger partial charge in [-0.3, -0.25) is 0 Å². The zero-order valence-electron chi connectivity index (χ0n) is 8.92. The Morgan fingerprint density at radius 2 is 2.33 bits per heavy atom. The number of hydrogen-bond donors (Lipinski definition) is 3. The summed E-state index contributed by atoms with van der Waals surface area (Å²) >= 11 is 0. The molecule has 5 heteroatoms. The zero-order valence-corrected chi connectivity index (χ0v) is 8.92. The second kappa shape index (κ2) is 5.32. The van der Waals surface area contributed by atoms with E-state index in [0.29, 0.717) is 12.0 Å². The molecule has 15 heavy (non-hydrogen) atoms. The fourth-order valence-electron chi connectivity index (χ4n) is 1.83. The fraction of sp³-hybridized carbons (Fsp3) is 0.900. The Labute approximate surface area is 89.9 Å². The SMILES string of the molecule is O=C(NCC1CCCOC1)NC1CNC1. The summed E-state index contributed by atoms with van der Waals surface area (Å²) in [6.07, 6.45) is 2.27. The van der Waals surface area contributed by atoms with E-state index in [0.717, 1.165) is 45.7 Å². The molecule has 2 heterocycles. The maximum atomic E-state index is 11.4. The first-order valence-corrected chi connectivity index (χ1v) is 5.67. The highest BCUT2D eigenvalue weighted by Gasteiger charge is 2.19. The lowest BCUT2D eigenvalue weighted by Gasteiger charge is -2.28. The van der Waals surface area contributed by atoms with Gasteiger partial charge in [0.15, 0.2) is 0 Å². The summed E-state index contributed by atoms with van der Waals surface area (Å²) in [5.74, 6) is 0.490. The van der Waals surface area contributed by atoms with Crippen molar-refractivity contribution in [1.29, 1.82) is 0 Å². The molecule has 0 aromatic carbocycles. The van der Waals surface area contributed by atoms with Crippen molar-refractivity contribution in [2.45, 2.75) is 18.9 Å². The van der Waals surface area contributed by atoms with Gasteiger partial charge in [-0.1, -0.05) is 0 Å². The van der Waals surface area contributed by atoms with Crippen LogP contribution >= 0.6 is 0 Å². The number of urea groups is 1. The molecule has 2 amide bonds. The number of nitrogens with one attached hydrogen (secondary N) is 3. The molecule has 0 aromatic rings. The van der Waals surface area contributed by atoms with Gasteiger partial charge in [0.1, 0.15) is 0 Å². The Morgan fingerprint density at radius 3 is 2.93 bits per heavy atom. The molecule has 1 atom stereocenters. The van der Waals surface area contributed by atoms with Crippen LogP contribution in [0.3, 0.4) is 0 Å². The van der Waals surface area contributed by atoms with Gasteiger partial charge in [0.2, 0.25) is 0 Å². The topological polar surface area (TPSA) is 62.4 Å². The van der Waals surface area contributed by atoms with E-state index in [4.69, 9.17) is 4.74 Å².